The number of nitrogens with zero attached hydrogens (tertiary/aromatic N) is 4. The van der Waals surface area contributed by atoms with Crippen molar-refractivity contribution in [2.75, 3.05) is 0 Å². The molecule has 2 heterocycles. The molecule has 4 aromatic rings. The smallest absolute Gasteiger partial charge is 0.217 e. The zero-order chi connectivity index (χ0) is 15.3. The van der Waals surface area contributed by atoms with Gasteiger partial charge in [0.2, 0.25) is 5.28 Å². The van der Waals surface area contributed by atoms with E-state index in [0.29, 0.717) is 17.0 Å². The summed E-state index contributed by atoms with van der Waals surface area (Å²) < 4.78 is 15.4. The van der Waals surface area contributed by atoms with Crippen LogP contribution in [0.3, 0.4) is 0 Å². The zero-order valence-electron chi connectivity index (χ0n) is 11.0. The van der Waals surface area contributed by atoms with Gasteiger partial charge in [0.25, 0.3) is 0 Å². The van der Waals surface area contributed by atoms with E-state index in [-0.39, 0.29) is 11.1 Å². The third kappa shape index (κ3) is 2.07. The molecule has 0 radical (unpaired) electrons. The number of benzene rings is 2. The summed E-state index contributed by atoms with van der Waals surface area (Å²) in [5.74, 6) is 0.165. The lowest BCUT2D eigenvalue weighted by Gasteiger charge is -2.02. The SMILES string of the molecule is Fc1ccc(-c2nc3c4cccc(Br)c4nc(Cl)n3n2)cc1. The molecule has 4 nitrogen and oxygen atoms in total. The summed E-state index contributed by atoms with van der Waals surface area (Å²) in [5, 5.41) is 5.42. The first-order valence-electron chi connectivity index (χ1n) is 6.40. The number of aromatic nitrogens is 4. The molecule has 0 saturated heterocycles. The first-order valence-corrected chi connectivity index (χ1v) is 7.57. The topological polar surface area (TPSA) is 43.1 Å². The molecule has 2 aromatic heterocycles. The number of hydrogen-bond acceptors (Lipinski definition) is 3. The van der Waals surface area contributed by atoms with Gasteiger partial charge >= 0.3 is 0 Å². The highest BCUT2D eigenvalue weighted by Crippen LogP contribution is 2.28. The number of halogens is 3. The first kappa shape index (κ1) is 13.6. The van der Waals surface area contributed by atoms with E-state index in [4.69, 9.17) is 11.6 Å². The molecule has 7 heteroatoms. The van der Waals surface area contributed by atoms with Gasteiger partial charge in [-0.2, -0.15) is 4.52 Å². The second-order valence-electron chi connectivity index (χ2n) is 4.69. The number of fused-ring (bicyclic) bond motifs is 3. The Morgan fingerprint density at radius 2 is 1.82 bits per heavy atom. The van der Waals surface area contributed by atoms with Gasteiger partial charge in [-0.25, -0.2) is 14.4 Å². The van der Waals surface area contributed by atoms with Crippen LogP contribution in [0.5, 0.6) is 0 Å². The summed E-state index contributed by atoms with van der Waals surface area (Å²) in [6, 6.07) is 11.7. The lowest BCUT2D eigenvalue weighted by atomic mass is 10.2. The molecular weight excluding hydrogens is 371 g/mol. The Labute approximate surface area is 137 Å². The number of rotatable bonds is 1. The summed E-state index contributed by atoms with van der Waals surface area (Å²) in [6.07, 6.45) is 0. The predicted octanol–water partition coefficient (Wildman–Crippen LogP) is 4.50. The number of para-hydroxylation sites is 1. The van der Waals surface area contributed by atoms with Crippen LogP contribution < -0.4 is 0 Å². The highest BCUT2D eigenvalue weighted by atomic mass is 79.9. The van der Waals surface area contributed by atoms with Crippen LogP contribution in [0.25, 0.3) is 27.9 Å². The first-order chi connectivity index (χ1) is 10.6. The van der Waals surface area contributed by atoms with E-state index in [2.05, 4.69) is 31.0 Å². The summed E-state index contributed by atoms with van der Waals surface area (Å²) in [4.78, 5) is 8.87. The van der Waals surface area contributed by atoms with Crippen LogP contribution in [0.4, 0.5) is 4.39 Å². The molecule has 0 saturated carbocycles. The second kappa shape index (κ2) is 5.00. The van der Waals surface area contributed by atoms with Gasteiger partial charge in [0, 0.05) is 15.4 Å². The van der Waals surface area contributed by atoms with Crippen LogP contribution in [0.2, 0.25) is 5.28 Å². The fraction of sp³-hybridized carbons (Fsp3) is 0. The normalized spacial score (nSPS) is 11.4. The summed E-state index contributed by atoms with van der Waals surface area (Å²) in [7, 11) is 0. The molecule has 0 aliphatic heterocycles. The lowest BCUT2D eigenvalue weighted by Crippen LogP contribution is -1.95. The van der Waals surface area contributed by atoms with E-state index >= 15 is 0 Å². The van der Waals surface area contributed by atoms with Crippen LogP contribution >= 0.6 is 27.5 Å². The Morgan fingerprint density at radius 1 is 1.05 bits per heavy atom. The van der Waals surface area contributed by atoms with Crippen LogP contribution in [0.15, 0.2) is 46.9 Å². The Morgan fingerprint density at radius 3 is 2.59 bits per heavy atom. The monoisotopic (exact) mass is 376 g/mol. The van der Waals surface area contributed by atoms with Crippen molar-refractivity contribution in [3.63, 3.8) is 0 Å². The fourth-order valence-electron chi connectivity index (χ4n) is 2.29. The second-order valence-corrected chi connectivity index (χ2v) is 5.89. The standard InChI is InChI=1S/C15H7BrClFN4/c16-11-3-1-2-10-12(11)19-15(17)22-14(10)20-13(21-22)8-4-6-9(18)7-5-8/h1-7H. The van der Waals surface area contributed by atoms with Crippen molar-refractivity contribution in [1.82, 2.24) is 19.6 Å². The van der Waals surface area contributed by atoms with Gasteiger partial charge in [-0.3, -0.25) is 0 Å². The lowest BCUT2D eigenvalue weighted by molar-refractivity contribution is 0.628. The largest absolute Gasteiger partial charge is 0.226 e. The van der Waals surface area contributed by atoms with Crippen LogP contribution in [-0.4, -0.2) is 19.6 Å². The highest BCUT2D eigenvalue weighted by Gasteiger charge is 2.14. The van der Waals surface area contributed by atoms with Gasteiger partial charge in [-0.1, -0.05) is 6.07 Å². The van der Waals surface area contributed by atoms with Gasteiger partial charge in [0.05, 0.1) is 5.52 Å². The minimum absolute atomic E-state index is 0.218. The van der Waals surface area contributed by atoms with E-state index in [1.54, 1.807) is 12.1 Å². The average Bonchev–Trinajstić information content (AvgIpc) is 2.95. The number of hydrogen-bond donors (Lipinski definition) is 0. The molecule has 0 aliphatic rings. The van der Waals surface area contributed by atoms with Crippen molar-refractivity contribution < 1.29 is 4.39 Å². The predicted molar refractivity (Wildman–Crippen MR) is 86.4 cm³/mol. The Balaban J connectivity index is 2.04. The maximum Gasteiger partial charge on any atom is 0.226 e. The minimum Gasteiger partial charge on any atom is -0.217 e. The maximum absolute atomic E-state index is 13.0. The van der Waals surface area contributed by atoms with Gasteiger partial charge in [0.15, 0.2) is 11.5 Å². The molecule has 0 N–H and O–H groups in total. The van der Waals surface area contributed by atoms with Crippen molar-refractivity contribution in [3.05, 3.63) is 58.0 Å². The molecule has 0 aliphatic carbocycles. The van der Waals surface area contributed by atoms with Gasteiger partial charge in [-0.05, 0) is 63.9 Å². The highest BCUT2D eigenvalue weighted by molar-refractivity contribution is 9.10. The average molecular weight is 378 g/mol. The Bertz CT molecular complexity index is 1010. The summed E-state index contributed by atoms with van der Waals surface area (Å²) in [6.45, 7) is 0. The molecular formula is C15H7BrClFN4. The molecule has 4 rings (SSSR count). The van der Waals surface area contributed by atoms with Crippen molar-refractivity contribution in [2.24, 2.45) is 0 Å². The van der Waals surface area contributed by atoms with Gasteiger partial charge in [0.1, 0.15) is 5.82 Å². The minimum atomic E-state index is -0.304. The van der Waals surface area contributed by atoms with E-state index in [9.17, 15) is 4.39 Å². The van der Waals surface area contributed by atoms with Crippen molar-refractivity contribution in [3.8, 4) is 11.4 Å². The van der Waals surface area contributed by atoms with Crippen LogP contribution in [-0.2, 0) is 0 Å². The molecule has 0 fully saturated rings. The molecule has 22 heavy (non-hydrogen) atoms. The van der Waals surface area contributed by atoms with Crippen LogP contribution in [0.1, 0.15) is 0 Å². The molecule has 0 atom stereocenters. The van der Waals surface area contributed by atoms with E-state index < -0.39 is 0 Å². The summed E-state index contributed by atoms with van der Waals surface area (Å²) in [5.41, 5.74) is 2.04. The molecule has 0 unspecified atom stereocenters. The molecule has 2 aromatic carbocycles. The zero-order valence-corrected chi connectivity index (χ0v) is 13.3. The molecule has 0 bridgehead atoms. The van der Waals surface area contributed by atoms with Gasteiger partial charge in [-0.15, -0.1) is 5.10 Å². The quantitative estimate of drug-likeness (QED) is 0.459. The van der Waals surface area contributed by atoms with Crippen molar-refractivity contribution >= 4 is 44.1 Å². The van der Waals surface area contributed by atoms with Gasteiger partial charge < -0.3 is 0 Å². The van der Waals surface area contributed by atoms with E-state index in [1.165, 1.54) is 16.6 Å². The van der Waals surface area contributed by atoms with Crippen molar-refractivity contribution in [1.29, 1.82) is 0 Å². The Kier molecular flexibility index (Phi) is 3.09. The van der Waals surface area contributed by atoms with E-state index in [1.807, 2.05) is 18.2 Å². The maximum atomic E-state index is 13.0. The van der Waals surface area contributed by atoms with Crippen molar-refractivity contribution in [2.45, 2.75) is 0 Å². The fourth-order valence-corrected chi connectivity index (χ4v) is 2.94. The van der Waals surface area contributed by atoms with Crippen LogP contribution in [0, 0.1) is 5.82 Å². The van der Waals surface area contributed by atoms with E-state index in [0.717, 1.165) is 15.4 Å². The summed E-state index contributed by atoms with van der Waals surface area (Å²) >= 11 is 9.66. The third-order valence-corrected chi connectivity index (χ3v) is 4.20. The Hall–Kier alpha value is -2.05. The molecule has 0 amide bonds. The molecule has 0 spiro atoms. The molecule has 108 valence electrons. The third-order valence-electron chi connectivity index (χ3n) is 3.32.